The summed E-state index contributed by atoms with van der Waals surface area (Å²) in [6.45, 7) is 5.39. The minimum Gasteiger partial charge on any atom is -0.319 e. The van der Waals surface area contributed by atoms with Crippen LogP contribution in [0.3, 0.4) is 0 Å². The van der Waals surface area contributed by atoms with Crippen molar-refractivity contribution in [2.75, 3.05) is 24.7 Å². The van der Waals surface area contributed by atoms with Gasteiger partial charge in [-0.25, -0.2) is 5.32 Å². The predicted molar refractivity (Wildman–Crippen MR) is 71.7 cm³/mol. The van der Waals surface area contributed by atoms with Gasteiger partial charge in [0.2, 0.25) is 11.7 Å². The molecule has 2 N–H and O–H groups in total. The van der Waals surface area contributed by atoms with Crippen molar-refractivity contribution in [2.24, 2.45) is 0 Å². The zero-order chi connectivity index (χ0) is 12.8. The summed E-state index contributed by atoms with van der Waals surface area (Å²) in [5.74, 6) is 0.770. The Morgan fingerprint density at radius 3 is 2.24 bits per heavy atom. The van der Waals surface area contributed by atoms with E-state index >= 15 is 0 Å². The molecule has 0 fully saturated rings. The van der Waals surface area contributed by atoms with Gasteiger partial charge in [0, 0.05) is 6.92 Å². The maximum absolute atomic E-state index is 11.3. The lowest BCUT2D eigenvalue weighted by atomic mass is 10.2. The maximum atomic E-state index is 11.3. The topological polar surface area (TPSA) is 44.1 Å². The Balaban J connectivity index is 2.96. The zero-order valence-electron chi connectivity index (χ0n) is 10.4. The van der Waals surface area contributed by atoms with E-state index in [9.17, 15) is 4.79 Å². The minimum absolute atomic E-state index is 0.221. The summed E-state index contributed by atoms with van der Waals surface area (Å²) in [5, 5.41) is 5.99. The Morgan fingerprint density at radius 1 is 1.24 bits per heavy atom. The van der Waals surface area contributed by atoms with Crippen LogP contribution in [0.15, 0.2) is 36.9 Å². The number of amidine groups is 1. The number of nitrogens with one attached hydrogen (secondary N) is 2. The van der Waals surface area contributed by atoms with E-state index in [0.29, 0.717) is 0 Å². The predicted octanol–water partition coefficient (Wildman–Crippen LogP) is 1.91. The second-order valence-corrected chi connectivity index (χ2v) is 3.84. The van der Waals surface area contributed by atoms with Crippen LogP contribution in [-0.2, 0) is 4.79 Å². The third-order valence-electron chi connectivity index (χ3n) is 2.36. The molecule has 0 saturated heterocycles. The molecule has 0 atom stereocenters. The number of amides is 1. The number of rotatable bonds is 3. The fraction of sp³-hybridized carbons (Fsp3) is 0.231. The van der Waals surface area contributed by atoms with Gasteiger partial charge in [0.15, 0.2) is 0 Å². The molecule has 1 aromatic rings. The van der Waals surface area contributed by atoms with Crippen molar-refractivity contribution in [3.05, 3.63) is 36.9 Å². The van der Waals surface area contributed by atoms with Crippen LogP contribution < -0.4 is 10.6 Å². The molecule has 1 rings (SSSR count). The summed E-state index contributed by atoms with van der Waals surface area (Å²) >= 11 is 0. The third-order valence-corrected chi connectivity index (χ3v) is 2.36. The van der Waals surface area contributed by atoms with Gasteiger partial charge < -0.3 is 5.32 Å². The van der Waals surface area contributed by atoms with E-state index in [1.807, 2.05) is 49.9 Å². The first kappa shape index (κ1) is 13.0. The quantitative estimate of drug-likeness (QED) is 0.362. The average molecular weight is 232 g/mol. The van der Waals surface area contributed by atoms with Gasteiger partial charge in [-0.2, -0.15) is 0 Å². The first-order chi connectivity index (χ1) is 8.04. The molecule has 0 aromatic heterocycles. The van der Waals surface area contributed by atoms with Gasteiger partial charge in [0.05, 0.1) is 19.8 Å². The maximum Gasteiger partial charge on any atom is 0.247 e. The molecule has 0 bridgehead atoms. The van der Waals surface area contributed by atoms with Crippen molar-refractivity contribution in [3.63, 3.8) is 0 Å². The summed E-state index contributed by atoms with van der Waals surface area (Å²) in [6.07, 6.45) is 1.25. The highest BCUT2D eigenvalue weighted by Gasteiger charge is 2.09. The molecule has 0 aliphatic rings. The molecule has 1 aromatic carbocycles. The number of anilines is 2. The first-order valence-electron chi connectivity index (χ1n) is 5.35. The Labute approximate surface area is 102 Å². The first-order valence-corrected chi connectivity index (χ1v) is 5.35. The molecule has 0 heterocycles. The smallest absolute Gasteiger partial charge is 0.247 e. The summed E-state index contributed by atoms with van der Waals surface area (Å²) in [7, 11) is 3.90. The number of para-hydroxylation sites is 2. The van der Waals surface area contributed by atoms with Gasteiger partial charge in [-0.1, -0.05) is 18.7 Å². The molecule has 0 saturated carbocycles. The van der Waals surface area contributed by atoms with E-state index < -0.39 is 0 Å². The molecule has 0 spiro atoms. The van der Waals surface area contributed by atoms with E-state index in [-0.39, 0.29) is 5.91 Å². The lowest BCUT2D eigenvalue weighted by Crippen LogP contribution is -2.20. The van der Waals surface area contributed by atoms with E-state index in [4.69, 9.17) is 0 Å². The van der Waals surface area contributed by atoms with Crippen molar-refractivity contribution in [1.29, 1.82) is 0 Å². The lowest BCUT2D eigenvalue weighted by molar-refractivity contribution is -0.464. The van der Waals surface area contributed by atoms with Gasteiger partial charge in [0.25, 0.3) is 0 Å². The molecule has 0 unspecified atom stereocenters. The highest BCUT2D eigenvalue weighted by molar-refractivity contribution is 6.03. The van der Waals surface area contributed by atoms with E-state index in [0.717, 1.165) is 17.2 Å². The van der Waals surface area contributed by atoms with Crippen LogP contribution in [0.1, 0.15) is 6.92 Å². The van der Waals surface area contributed by atoms with Crippen LogP contribution in [-0.4, -0.2) is 30.4 Å². The lowest BCUT2D eigenvalue weighted by Gasteiger charge is -2.08. The zero-order valence-corrected chi connectivity index (χ0v) is 10.4. The second-order valence-electron chi connectivity index (χ2n) is 3.84. The van der Waals surface area contributed by atoms with Crippen molar-refractivity contribution < 1.29 is 9.37 Å². The fourth-order valence-electron chi connectivity index (χ4n) is 1.19. The standard InChI is InChI=1S/C13H17N3O/c1-5-13(17)15-12-9-7-6-8-11(12)14-10(2)16(3)4/h5-9H,1H2,2-4H3,(H,15,17)/p+1. The molecule has 17 heavy (non-hydrogen) atoms. The second kappa shape index (κ2) is 5.84. The van der Waals surface area contributed by atoms with Crippen LogP contribution in [0, 0.1) is 0 Å². The fourth-order valence-corrected chi connectivity index (χ4v) is 1.19. The van der Waals surface area contributed by atoms with Crippen LogP contribution in [0.4, 0.5) is 11.4 Å². The summed E-state index contributed by atoms with van der Waals surface area (Å²) < 4.78 is 1.96. The molecule has 4 heteroatoms. The number of hydrogen-bond donors (Lipinski definition) is 2. The Morgan fingerprint density at radius 2 is 1.76 bits per heavy atom. The van der Waals surface area contributed by atoms with E-state index in [1.165, 1.54) is 6.08 Å². The van der Waals surface area contributed by atoms with E-state index in [2.05, 4.69) is 17.2 Å². The van der Waals surface area contributed by atoms with Crippen molar-refractivity contribution >= 4 is 23.1 Å². The van der Waals surface area contributed by atoms with Gasteiger partial charge in [0.1, 0.15) is 5.69 Å². The molecule has 4 nitrogen and oxygen atoms in total. The van der Waals surface area contributed by atoms with Crippen molar-refractivity contribution in [3.8, 4) is 0 Å². The highest BCUT2D eigenvalue weighted by Crippen LogP contribution is 2.20. The summed E-state index contributed by atoms with van der Waals surface area (Å²) in [6, 6.07) is 7.53. The molecule has 0 aliphatic heterocycles. The van der Waals surface area contributed by atoms with Crippen LogP contribution >= 0.6 is 0 Å². The number of hydrogen-bond acceptors (Lipinski definition) is 1. The van der Waals surface area contributed by atoms with Crippen LogP contribution in [0.2, 0.25) is 0 Å². The molecule has 0 aliphatic carbocycles. The van der Waals surface area contributed by atoms with Crippen LogP contribution in [0.5, 0.6) is 0 Å². The number of carbonyl (C=O) groups excluding carboxylic acids is 1. The largest absolute Gasteiger partial charge is 0.319 e. The molecular weight excluding hydrogens is 214 g/mol. The van der Waals surface area contributed by atoms with Crippen molar-refractivity contribution in [2.45, 2.75) is 6.92 Å². The number of nitrogens with zero attached hydrogens (tertiary/aromatic N) is 1. The van der Waals surface area contributed by atoms with Gasteiger partial charge in [-0.15, -0.1) is 0 Å². The summed E-state index contributed by atoms with van der Waals surface area (Å²) in [4.78, 5) is 11.3. The monoisotopic (exact) mass is 232 g/mol. The SMILES string of the molecule is C=CC(=O)Nc1ccccc1NC(C)=[N+](C)C. The summed E-state index contributed by atoms with van der Waals surface area (Å²) in [5.41, 5.74) is 1.59. The third kappa shape index (κ3) is 3.75. The van der Waals surface area contributed by atoms with Crippen LogP contribution in [0.25, 0.3) is 0 Å². The normalized spacial score (nSPS) is 9.35. The van der Waals surface area contributed by atoms with E-state index in [1.54, 1.807) is 0 Å². The Kier molecular flexibility index (Phi) is 4.46. The molecular formula is C13H18N3O+. The number of benzene rings is 1. The highest BCUT2D eigenvalue weighted by atomic mass is 16.1. The van der Waals surface area contributed by atoms with Gasteiger partial charge >= 0.3 is 0 Å². The molecule has 90 valence electrons. The average Bonchev–Trinajstić information content (AvgIpc) is 2.31. The molecule has 1 amide bonds. The Hall–Kier alpha value is -2.10. The Bertz CT molecular complexity index is 459. The molecule has 0 radical (unpaired) electrons. The van der Waals surface area contributed by atoms with Gasteiger partial charge in [-0.05, 0) is 18.2 Å². The van der Waals surface area contributed by atoms with Gasteiger partial charge in [-0.3, -0.25) is 9.37 Å². The number of carbonyl (C=O) groups is 1. The minimum atomic E-state index is -0.221. The van der Waals surface area contributed by atoms with Crippen molar-refractivity contribution in [1.82, 2.24) is 0 Å².